The van der Waals surface area contributed by atoms with E-state index in [-0.39, 0.29) is 11.3 Å². The number of carbonyl (C=O) groups is 2. The Morgan fingerprint density at radius 2 is 1.78 bits per heavy atom. The van der Waals surface area contributed by atoms with Gasteiger partial charge in [0.15, 0.2) is 0 Å². The maximum Gasteiger partial charge on any atom is 0.307 e. The summed E-state index contributed by atoms with van der Waals surface area (Å²) in [5.74, 6) is 0.721. The van der Waals surface area contributed by atoms with Gasteiger partial charge < -0.3 is 10.0 Å². The number of hydrogen-bond donors (Lipinski definition) is 1. The Morgan fingerprint density at radius 3 is 2.30 bits per heavy atom. The second-order valence-electron chi connectivity index (χ2n) is 9.32. The van der Waals surface area contributed by atoms with Crippen molar-refractivity contribution in [3.63, 3.8) is 0 Å². The third-order valence-corrected chi connectivity index (χ3v) is 6.54. The molecule has 23 heavy (non-hydrogen) atoms. The number of rotatable bonds is 3. The summed E-state index contributed by atoms with van der Waals surface area (Å²) in [5.41, 5.74) is 0.376. The average Bonchev–Trinajstić information content (AvgIpc) is 3.11. The topological polar surface area (TPSA) is 57.6 Å². The van der Waals surface area contributed by atoms with E-state index in [1.807, 2.05) is 4.90 Å². The van der Waals surface area contributed by atoms with Crippen LogP contribution in [0.25, 0.3) is 0 Å². The van der Waals surface area contributed by atoms with Crippen LogP contribution in [0.1, 0.15) is 65.7 Å². The minimum atomic E-state index is -0.650. The van der Waals surface area contributed by atoms with E-state index in [1.165, 1.54) is 12.8 Å². The fourth-order valence-electron chi connectivity index (χ4n) is 5.53. The largest absolute Gasteiger partial charge is 0.481 e. The van der Waals surface area contributed by atoms with Gasteiger partial charge in [-0.15, -0.1) is 0 Å². The van der Waals surface area contributed by atoms with E-state index in [1.54, 1.807) is 0 Å². The highest BCUT2D eigenvalue weighted by Crippen LogP contribution is 2.59. The maximum atomic E-state index is 12.6. The van der Waals surface area contributed by atoms with Gasteiger partial charge in [0.05, 0.1) is 5.92 Å². The van der Waals surface area contributed by atoms with Crippen LogP contribution >= 0.6 is 0 Å². The fraction of sp³-hybridized carbons (Fsp3) is 0.895. The predicted molar refractivity (Wildman–Crippen MR) is 88.9 cm³/mol. The van der Waals surface area contributed by atoms with E-state index in [4.69, 9.17) is 5.11 Å². The van der Waals surface area contributed by atoms with E-state index in [2.05, 4.69) is 20.8 Å². The first-order valence-corrected chi connectivity index (χ1v) is 9.21. The molecule has 3 unspecified atom stereocenters. The standard InChI is InChI=1S/C19H31NO3/c1-13-8-14(11-18(2,3)10-13)9-16(21)20-6-4-19(5-7-20)12-15(19)17(22)23/h13-15H,4-12H2,1-3H3,(H,22,23). The van der Waals surface area contributed by atoms with Crippen LogP contribution in [0.2, 0.25) is 0 Å². The summed E-state index contributed by atoms with van der Waals surface area (Å²) in [7, 11) is 0. The second-order valence-corrected chi connectivity index (χ2v) is 9.32. The number of nitrogens with zero attached hydrogens (tertiary/aromatic N) is 1. The van der Waals surface area contributed by atoms with Crippen molar-refractivity contribution in [3.05, 3.63) is 0 Å². The lowest BCUT2D eigenvalue weighted by Crippen LogP contribution is -2.41. The lowest BCUT2D eigenvalue weighted by molar-refractivity contribution is -0.140. The molecule has 2 saturated carbocycles. The zero-order valence-corrected chi connectivity index (χ0v) is 14.8. The normalized spacial score (nSPS) is 35.1. The van der Waals surface area contributed by atoms with Gasteiger partial charge in [0.25, 0.3) is 0 Å². The van der Waals surface area contributed by atoms with Crippen molar-refractivity contribution >= 4 is 11.9 Å². The lowest BCUT2D eigenvalue weighted by atomic mass is 9.67. The van der Waals surface area contributed by atoms with Crippen LogP contribution in [0.3, 0.4) is 0 Å². The van der Waals surface area contributed by atoms with Crippen molar-refractivity contribution in [2.45, 2.75) is 65.7 Å². The van der Waals surface area contributed by atoms with Gasteiger partial charge in [0.2, 0.25) is 5.91 Å². The molecule has 0 aromatic heterocycles. The molecule has 3 rings (SSSR count). The fourth-order valence-corrected chi connectivity index (χ4v) is 5.53. The number of carboxylic acid groups (broad SMARTS) is 1. The minimum Gasteiger partial charge on any atom is -0.481 e. The van der Waals surface area contributed by atoms with E-state index < -0.39 is 5.97 Å². The Morgan fingerprint density at radius 1 is 1.13 bits per heavy atom. The summed E-state index contributed by atoms with van der Waals surface area (Å²) in [6.07, 6.45) is 6.85. The highest BCUT2D eigenvalue weighted by molar-refractivity contribution is 5.77. The molecule has 1 amide bonds. The van der Waals surface area contributed by atoms with Crippen LogP contribution < -0.4 is 0 Å². The molecular weight excluding hydrogens is 290 g/mol. The Balaban J connectivity index is 1.49. The molecule has 3 atom stereocenters. The Kier molecular flexibility index (Phi) is 4.22. The molecule has 0 aromatic rings. The molecule has 1 N–H and O–H groups in total. The first-order chi connectivity index (χ1) is 10.7. The quantitative estimate of drug-likeness (QED) is 0.865. The number of piperidine rings is 1. The summed E-state index contributed by atoms with van der Waals surface area (Å²) in [6.45, 7) is 8.47. The molecule has 3 aliphatic rings. The minimum absolute atomic E-state index is 0.0178. The van der Waals surface area contributed by atoms with Crippen LogP contribution in [0.4, 0.5) is 0 Å². The van der Waals surface area contributed by atoms with Gasteiger partial charge >= 0.3 is 5.97 Å². The molecule has 1 aliphatic heterocycles. The number of aliphatic carboxylic acids is 1. The van der Waals surface area contributed by atoms with E-state index in [0.717, 1.165) is 38.8 Å². The first kappa shape index (κ1) is 16.8. The summed E-state index contributed by atoms with van der Waals surface area (Å²) in [5, 5.41) is 9.16. The molecule has 1 saturated heterocycles. The Labute approximate surface area is 139 Å². The number of carboxylic acids is 1. The summed E-state index contributed by atoms with van der Waals surface area (Å²) in [4.78, 5) is 25.8. The summed E-state index contributed by atoms with van der Waals surface area (Å²) < 4.78 is 0. The van der Waals surface area contributed by atoms with Crippen LogP contribution in [0, 0.1) is 28.6 Å². The number of carbonyl (C=O) groups excluding carboxylic acids is 1. The molecule has 4 nitrogen and oxygen atoms in total. The van der Waals surface area contributed by atoms with E-state index in [9.17, 15) is 9.59 Å². The zero-order valence-electron chi connectivity index (χ0n) is 14.8. The molecule has 130 valence electrons. The van der Waals surface area contributed by atoms with E-state index >= 15 is 0 Å². The lowest BCUT2D eigenvalue weighted by Gasteiger charge is -2.40. The van der Waals surface area contributed by atoms with Crippen LogP contribution in [-0.4, -0.2) is 35.0 Å². The van der Waals surface area contributed by atoms with E-state index in [0.29, 0.717) is 29.6 Å². The smallest absolute Gasteiger partial charge is 0.307 e. The Hall–Kier alpha value is -1.06. The third-order valence-electron chi connectivity index (χ3n) is 6.54. The molecule has 0 bridgehead atoms. The van der Waals surface area contributed by atoms with Gasteiger partial charge in [-0.2, -0.15) is 0 Å². The third kappa shape index (κ3) is 3.56. The highest BCUT2D eigenvalue weighted by Gasteiger charge is 2.59. The first-order valence-electron chi connectivity index (χ1n) is 9.21. The van der Waals surface area contributed by atoms with Crippen molar-refractivity contribution in [3.8, 4) is 0 Å². The molecular formula is C19H31NO3. The van der Waals surface area contributed by atoms with Crippen molar-refractivity contribution in [2.75, 3.05) is 13.1 Å². The van der Waals surface area contributed by atoms with Gasteiger partial charge in [0.1, 0.15) is 0 Å². The van der Waals surface area contributed by atoms with Gasteiger partial charge in [0, 0.05) is 19.5 Å². The van der Waals surface area contributed by atoms with Gasteiger partial charge in [-0.3, -0.25) is 9.59 Å². The number of likely N-dealkylation sites (tertiary alicyclic amines) is 1. The molecule has 0 radical (unpaired) electrons. The van der Waals surface area contributed by atoms with Gasteiger partial charge in [-0.25, -0.2) is 0 Å². The molecule has 1 spiro atoms. The van der Waals surface area contributed by atoms with Crippen LogP contribution in [0.5, 0.6) is 0 Å². The number of hydrogen-bond acceptors (Lipinski definition) is 2. The number of amides is 1. The Bertz CT molecular complexity index is 491. The van der Waals surface area contributed by atoms with Gasteiger partial charge in [-0.1, -0.05) is 20.8 Å². The second kappa shape index (κ2) is 5.78. The monoisotopic (exact) mass is 321 g/mol. The summed E-state index contributed by atoms with van der Waals surface area (Å²) >= 11 is 0. The molecule has 0 aromatic carbocycles. The van der Waals surface area contributed by atoms with Crippen molar-refractivity contribution < 1.29 is 14.7 Å². The van der Waals surface area contributed by atoms with Crippen molar-refractivity contribution in [1.82, 2.24) is 4.90 Å². The molecule has 4 heteroatoms. The maximum absolute atomic E-state index is 12.6. The van der Waals surface area contributed by atoms with Crippen LogP contribution in [-0.2, 0) is 9.59 Å². The SMILES string of the molecule is CC1CC(CC(=O)N2CCC3(CC2)CC3C(=O)O)CC(C)(C)C1. The summed E-state index contributed by atoms with van der Waals surface area (Å²) in [6, 6.07) is 0. The molecule has 2 aliphatic carbocycles. The zero-order chi connectivity index (χ0) is 16.8. The molecule has 1 heterocycles. The average molecular weight is 321 g/mol. The predicted octanol–water partition coefficient (Wildman–Crippen LogP) is 3.55. The van der Waals surface area contributed by atoms with Crippen LogP contribution in [0.15, 0.2) is 0 Å². The van der Waals surface area contributed by atoms with Gasteiger partial charge in [-0.05, 0) is 61.2 Å². The highest BCUT2D eigenvalue weighted by atomic mass is 16.4. The van der Waals surface area contributed by atoms with Crippen molar-refractivity contribution in [1.29, 1.82) is 0 Å². The molecule has 3 fully saturated rings. The van der Waals surface area contributed by atoms with Crippen molar-refractivity contribution in [2.24, 2.45) is 28.6 Å².